The first-order chi connectivity index (χ1) is 10.5. The van der Waals surface area contributed by atoms with E-state index in [-0.39, 0.29) is 11.8 Å². The number of likely N-dealkylation sites (tertiary alicyclic amines) is 1. The van der Waals surface area contributed by atoms with Crippen LogP contribution in [0.5, 0.6) is 0 Å². The predicted molar refractivity (Wildman–Crippen MR) is 87.3 cm³/mol. The smallest absolute Gasteiger partial charge is 0.260 e. The van der Waals surface area contributed by atoms with Gasteiger partial charge < -0.3 is 4.48 Å². The highest BCUT2D eigenvalue weighted by molar-refractivity contribution is 6.05. The van der Waals surface area contributed by atoms with Gasteiger partial charge in [-0.15, -0.1) is 0 Å². The number of amides is 2. The van der Waals surface area contributed by atoms with E-state index >= 15 is 0 Å². The Kier molecular flexibility index (Phi) is 5.35. The lowest BCUT2D eigenvalue weighted by Gasteiger charge is -2.35. The van der Waals surface area contributed by atoms with Gasteiger partial charge in [-0.1, -0.05) is 12.1 Å². The van der Waals surface area contributed by atoms with Crippen molar-refractivity contribution >= 4 is 11.8 Å². The molecule has 0 bridgehead atoms. The molecular weight excluding hydrogens is 276 g/mol. The first-order valence-corrected chi connectivity index (χ1v) is 8.34. The monoisotopic (exact) mass is 303 g/mol. The molecule has 1 aliphatic heterocycles. The molecule has 22 heavy (non-hydrogen) atoms. The minimum Gasteiger partial charge on any atom is -0.321 e. The van der Waals surface area contributed by atoms with Crippen molar-refractivity contribution in [3.05, 3.63) is 35.4 Å². The van der Waals surface area contributed by atoms with Crippen molar-refractivity contribution < 1.29 is 14.1 Å². The summed E-state index contributed by atoms with van der Waals surface area (Å²) in [6, 6.07) is 7.78. The second-order valence-electron chi connectivity index (χ2n) is 6.10. The van der Waals surface area contributed by atoms with E-state index < -0.39 is 0 Å². The maximum atomic E-state index is 12.3. The van der Waals surface area contributed by atoms with E-state index in [1.165, 1.54) is 10.5 Å². The summed E-state index contributed by atoms with van der Waals surface area (Å²) in [5.41, 5.74) is 1.86. The summed E-state index contributed by atoms with van der Waals surface area (Å²) in [5.74, 6) is -0.205. The van der Waals surface area contributed by atoms with Crippen molar-refractivity contribution in [3.63, 3.8) is 0 Å². The van der Waals surface area contributed by atoms with Gasteiger partial charge in [0.2, 0.25) is 5.91 Å². The molecule has 120 valence electrons. The summed E-state index contributed by atoms with van der Waals surface area (Å²) in [5, 5.41) is 0. The Morgan fingerprint density at radius 2 is 1.68 bits per heavy atom. The molecule has 1 heterocycles. The number of quaternary nitrogens is 1. The zero-order valence-corrected chi connectivity index (χ0v) is 14.0. The lowest BCUT2D eigenvalue weighted by molar-refractivity contribution is -0.936. The van der Waals surface area contributed by atoms with Gasteiger partial charge >= 0.3 is 0 Å². The second kappa shape index (κ2) is 7.05. The van der Waals surface area contributed by atoms with Crippen LogP contribution in [0.2, 0.25) is 0 Å². The molecule has 0 aliphatic carbocycles. The molecule has 0 atom stereocenters. The van der Waals surface area contributed by atoms with Crippen molar-refractivity contribution in [2.75, 3.05) is 26.2 Å². The van der Waals surface area contributed by atoms with Crippen LogP contribution in [0.1, 0.15) is 49.5 Å². The zero-order valence-electron chi connectivity index (χ0n) is 14.0. The fraction of sp³-hybridized carbons (Fsp3) is 0.556. The molecular formula is C18H27N2O2+. The Hall–Kier alpha value is -1.68. The molecule has 4 heteroatoms. The molecule has 1 saturated heterocycles. The molecule has 1 aromatic rings. The first-order valence-electron chi connectivity index (χ1n) is 8.34. The van der Waals surface area contributed by atoms with E-state index in [9.17, 15) is 9.59 Å². The lowest BCUT2D eigenvalue weighted by atomic mass is 10.1. The third-order valence-electron chi connectivity index (χ3n) is 5.05. The van der Waals surface area contributed by atoms with Crippen molar-refractivity contribution in [2.24, 2.45) is 0 Å². The molecule has 1 fully saturated rings. The van der Waals surface area contributed by atoms with E-state index in [1.807, 2.05) is 24.3 Å². The molecule has 4 nitrogen and oxygen atoms in total. The predicted octanol–water partition coefficient (Wildman–Crippen LogP) is 2.83. The summed E-state index contributed by atoms with van der Waals surface area (Å²) in [6.45, 7) is 11.5. The molecule has 0 unspecified atom stereocenters. The number of rotatable bonds is 6. The van der Waals surface area contributed by atoms with Crippen molar-refractivity contribution in [2.45, 2.75) is 40.2 Å². The molecule has 0 aromatic heterocycles. The topological polar surface area (TPSA) is 37.4 Å². The van der Waals surface area contributed by atoms with Crippen LogP contribution in [-0.4, -0.2) is 47.4 Å². The Morgan fingerprint density at radius 1 is 1.09 bits per heavy atom. The van der Waals surface area contributed by atoms with Crippen LogP contribution in [0.25, 0.3) is 0 Å². The number of nitrogens with zero attached hydrogens (tertiary/aromatic N) is 2. The molecule has 0 N–H and O–H groups in total. The summed E-state index contributed by atoms with van der Waals surface area (Å²) < 4.78 is 1.05. The van der Waals surface area contributed by atoms with E-state index in [0.717, 1.165) is 37.1 Å². The number of hydrogen-bond acceptors (Lipinski definition) is 2. The number of hydrogen-bond donors (Lipinski definition) is 0. The van der Waals surface area contributed by atoms with Crippen LogP contribution in [-0.2, 0) is 11.3 Å². The normalized spacial score (nSPS) is 15.4. The van der Waals surface area contributed by atoms with Crippen molar-refractivity contribution in [3.8, 4) is 0 Å². The number of carbonyl (C=O) groups is 2. The van der Waals surface area contributed by atoms with E-state index in [2.05, 4.69) is 20.8 Å². The second-order valence-corrected chi connectivity index (χ2v) is 6.10. The van der Waals surface area contributed by atoms with Crippen LogP contribution >= 0.6 is 0 Å². The minimum atomic E-state index is -0.156. The lowest BCUT2D eigenvalue weighted by Crippen LogP contribution is -2.46. The van der Waals surface area contributed by atoms with Gasteiger partial charge in [-0.2, -0.15) is 0 Å². The Bertz CT molecular complexity index is 524. The fourth-order valence-electron chi connectivity index (χ4n) is 3.16. The Balaban J connectivity index is 2.10. The molecule has 0 saturated carbocycles. The minimum absolute atomic E-state index is 0.0484. The largest absolute Gasteiger partial charge is 0.321 e. The van der Waals surface area contributed by atoms with Crippen LogP contribution in [0.3, 0.4) is 0 Å². The Labute approximate surface area is 133 Å². The highest BCUT2D eigenvalue weighted by Crippen LogP contribution is 2.18. The number of imide groups is 1. The molecule has 0 spiro atoms. The van der Waals surface area contributed by atoms with Gasteiger partial charge in [-0.05, 0) is 39.3 Å². The van der Waals surface area contributed by atoms with E-state index in [1.54, 1.807) is 0 Å². The van der Waals surface area contributed by atoms with Gasteiger partial charge in [-0.3, -0.25) is 14.5 Å². The summed E-state index contributed by atoms with van der Waals surface area (Å²) in [4.78, 5) is 25.4. The highest BCUT2D eigenvalue weighted by atomic mass is 16.2. The van der Waals surface area contributed by atoms with Gasteiger partial charge in [0.1, 0.15) is 6.54 Å². The van der Waals surface area contributed by atoms with Crippen LogP contribution in [0.4, 0.5) is 0 Å². The van der Waals surface area contributed by atoms with Crippen LogP contribution < -0.4 is 0 Å². The number of benzene rings is 1. The van der Waals surface area contributed by atoms with Gasteiger partial charge in [0, 0.05) is 24.1 Å². The third-order valence-corrected chi connectivity index (χ3v) is 5.05. The van der Waals surface area contributed by atoms with Gasteiger partial charge in [0.15, 0.2) is 0 Å². The maximum absolute atomic E-state index is 12.3. The quantitative estimate of drug-likeness (QED) is 0.598. The summed E-state index contributed by atoms with van der Waals surface area (Å²) >= 11 is 0. The Morgan fingerprint density at radius 3 is 2.14 bits per heavy atom. The third kappa shape index (κ3) is 3.38. The standard InChI is InChI=1S/C18H27N2O2/c1-4-20(5-2,6-3)14-15-9-11-16(12-10-15)18(22)19-13-7-8-17(19)21/h9-12H,4-8,13-14H2,1-3H3/q+1. The molecule has 2 amide bonds. The average molecular weight is 303 g/mol. The molecule has 1 aliphatic rings. The van der Waals surface area contributed by atoms with Gasteiger partial charge in [0.05, 0.1) is 19.6 Å². The van der Waals surface area contributed by atoms with E-state index in [4.69, 9.17) is 0 Å². The fourth-order valence-corrected chi connectivity index (χ4v) is 3.16. The SMILES string of the molecule is CC[N+](CC)(CC)Cc1ccc(C(=O)N2CCCC2=O)cc1. The average Bonchev–Trinajstić information content (AvgIpc) is 2.99. The van der Waals surface area contributed by atoms with Gasteiger partial charge in [-0.25, -0.2) is 0 Å². The van der Waals surface area contributed by atoms with E-state index in [0.29, 0.717) is 18.5 Å². The van der Waals surface area contributed by atoms with Gasteiger partial charge in [0.25, 0.3) is 5.91 Å². The molecule has 1 aromatic carbocycles. The molecule has 2 rings (SSSR count). The maximum Gasteiger partial charge on any atom is 0.260 e. The first kappa shape index (κ1) is 16.7. The molecule has 0 radical (unpaired) electrons. The van der Waals surface area contributed by atoms with Crippen LogP contribution in [0.15, 0.2) is 24.3 Å². The van der Waals surface area contributed by atoms with Crippen molar-refractivity contribution in [1.82, 2.24) is 4.90 Å². The van der Waals surface area contributed by atoms with Crippen molar-refractivity contribution in [1.29, 1.82) is 0 Å². The zero-order chi connectivity index (χ0) is 16.2. The summed E-state index contributed by atoms with van der Waals surface area (Å²) in [6.07, 6.45) is 1.28. The summed E-state index contributed by atoms with van der Waals surface area (Å²) in [7, 11) is 0. The highest BCUT2D eigenvalue weighted by Gasteiger charge is 2.27. The van der Waals surface area contributed by atoms with Crippen LogP contribution in [0, 0.1) is 0 Å². The number of carbonyl (C=O) groups excluding carboxylic acids is 2.